The molecule has 1 fully saturated rings. The molecule has 2 aliphatic heterocycles. The zero-order valence-corrected chi connectivity index (χ0v) is 18.1. The Bertz CT molecular complexity index is 1120. The van der Waals surface area contributed by atoms with E-state index in [1.807, 2.05) is 0 Å². The minimum atomic E-state index is -4.85. The Morgan fingerprint density at radius 3 is 2.45 bits per heavy atom. The summed E-state index contributed by atoms with van der Waals surface area (Å²) in [5.41, 5.74) is 6.37. The minimum absolute atomic E-state index is 0.0415. The van der Waals surface area contributed by atoms with Crippen molar-refractivity contribution in [1.82, 2.24) is 4.90 Å². The fourth-order valence-electron chi connectivity index (χ4n) is 4.40. The van der Waals surface area contributed by atoms with Gasteiger partial charge >= 0.3 is 6.36 Å². The van der Waals surface area contributed by atoms with Crippen LogP contribution in [0.15, 0.2) is 53.5 Å². The first kappa shape index (κ1) is 22.6. The number of ether oxygens (including phenoxy) is 1. The second kappa shape index (κ2) is 8.09. The van der Waals surface area contributed by atoms with Crippen LogP contribution in [0.3, 0.4) is 0 Å². The number of carbonyl (C=O) groups is 2. The van der Waals surface area contributed by atoms with Gasteiger partial charge in [0.2, 0.25) is 11.8 Å². The molecule has 2 aromatic rings. The Morgan fingerprint density at radius 1 is 1.15 bits per heavy atom. The van der Waals surface area contributed by atoms with E-state index in [9.17, 15) is 22.8 Å². The molecule has 0 aliphatic carbocycles. The Kier molecular flexibility index (Phi) is 5.55. The lowest BCUT2D eigenvalue weighted by atomic mass is 9.74. The maximum absolute atomic E-state index is 13.3. The number of halogens is 3. The number of carbonyl (C=O) groups excluding carboxylic acids is 2. The van der Waals surface area contributed by atoms with Crippen molar-refractivity contribution in [3.63, 3.8) is 0 Å². The number of aliphatic imine (C=N–C) groups is 1. The van der Waals surface area contributed by atoms with E-state index in [2.05, 4.69) is 9.73 Å². The zero-order valence-electron chi connectivity index (χ0n) is 18.1. The maximum atomic E-state index is 13.3. The van der Waals surface area contributed by atoms with Gasteiger partial charge < -0.3 is 15.4 Å². The van der Waals surface area contributed by atoms with Crippen molar-refractivity contribution in [2.24, 2.45) is 10.7 Å². The average molecular weight is 460 g/mol. The first-order chi connectivity index (χ1) is 15.5. The summed E-state index contributed by atoms with van der Waals surface area (Å²) in [6, 6.07) is 12.4. The van der Waals surface area contributed by atoms with Crippen molar-refractivity contribution < 1.29 is 27.5 Å². The van der Waals surface area contributed by atoms with E-state index in [-0.39, 0.29) is 17.8 Å². The van der Waals surface area contributed by atoms with Gasteiger partial charge in [0.1, 0.15) is 11.3 Å². The van der Waals surface area contributed by atoms with E-state index in [1.54, 1.807) is 42.2 Å². The largest absolute Gasteiger partial charge is 0.573 e. The molecule has 174 valence electrons. The van der Waals surface area contributed by atoms with E-state index in [1.165, 1.54) is 30.1 Å². The highest BCUT2D eigenvalue weighted by Crippen LogP contribution is 2.45. The van der Waals surface area contributed by atoms with Gasteiger partial charge in [-0.25, -0.2) is 4.99 Å². The number of hydrogen-bond donors (Lipinski definition) is 1. The standard InChI is InChI=1S/C23H23F3N4O3/c1-22(15-5-3-6-17(13-15)33-23(24,25)26)19(20(32)29(2)21(27)28-22)14-8-10-16(11-9-14)30-12-4-7-18(30)31/h3,5-6,8-11,13,19H,4,7,12H2,1-2H3,(H2,27,28)/t19-,22-/m1/s1. The molecule has 1 saturated heterocycles. The molecule has 0 saturated carbocycles. The quantitative estimate of drug-likeness (QED) is 0.757. The van der Waals surface area contributed by atoms with Crippen molar-refractivity contribution >= 4 is 23.5 Å². The van der Waals surface area contributed by atoms with Crippen molar-refractivity contribution in [2.75, 3.05) is 18.5 Å². The molecule has 2 amide bonds. The predicted octanol–water partition coefficient (Wildman–Crippen LogP) is 3.50. The highest BCUT2D eigenvalue weighted by molar-refractivity contribution is 6.02. The third-order valence-corrected chi connectivity index (χ3v) is 6.09. The number of hydrogen-bond acceptors (Lipinski definition) is 5. The summed E-state index contributed by atoms with van der Waals surface area (Å²) >= 11 is 0. The molecule has 0 aromatic heterocycles. The van der Waals surface area contributed by atoms with Crippen LogP contribution in [-0.4, -0.2) is 42.6 Å². The van der Waals surface area contributed by atoms with E-state index in [0.717, 1.165) is 12.1 Å². The average Bonchev–Trinajstić information content (AvgIpc) is 3.17. The fourth-order valence-corrected chi connectivity index (χ4v) is 4.40. The first-order valence-corrected chi connectivity index (χ1v) is 10.4. The molecule has 0 radical (unpaired) electrons. The predicted molar refractivity (Wildman–Crippen MR) is 116 cm³/mol. The van der Waals surface area contributed by atoms with E-state index in [0.29, 0.717) is 24.1 Å². The Hall–Kier alpha value is -3.56. The summed E-state index contributed by atoms with van der Waals surface area (Å²) in [4.78, 5) is 32.8. The Balaban J connectivity index is 1.76. The molecule has 7 nitrogen and oxygen atoms in total. The summed E-state index contributed by atoms with van der Waals surface area (Å²) in [7, 11) is 1.49. The van der Waals surface area contributed by atoms with E-state index >= 15 is 0 Å². The number of anilines is 1. The topological polar surface area (TPSA) is 88.2 Å². The fraction of sp³-hybridized carbons (Fsp3) is 0.348. The summed E-state index contributed by atoms with van der Waals surface area (Å²) in [6.45, 7) is 2.29. The second-order valence-electron chi connectivity index (χ2n) is 8.26. The number of alkyl halides is 3. The maximum Gasteiger partial charge on any atom is 0.573 e. The number of rotatable bonds is 4. The molecule has 2 heterocycles. The Labute approximate surface area is 188 Å². The van der Waals surface area contributed by atoms with Crippen molar-refractivity contribution in [3.8, 4) is 5.75 Å². The molecule has 2 N–H and O–H groups in total. The van der Waals surface area contributed by atoms with Gasteiger partial charge in [-0.2, -0.15) is 0 Å². The van der Waals surface area contributed by atoms with Crippen LogP contribution in [0.25, 0.3) is 0 Å². The number of nitrogens with zero attached hydrogens (tertiary/aromatic N) is 3. The highest BCUT2D eigenvalue weighted by atomic mass is 19.4. The van der Waals surface area contributed by atoms with Crippen LogP contribution in [0, 0.1) is 0 Å². The molecule has 33 heavy (non-hydrogen) atoms. The number of benzene rings is 2. The molecule has 2 aliphatic rings. The van der Waals surface area contributed by atoms with Crippen LogP contribution in [0.2, 0.25) is 0 Å². The van der Waals surface area contributed by atoms with Gasteiger partial charge in [-0.3, -0.25) is 14.5 Å². The summed E-state index contributed by atoms with van der Waals surface area (Å²) in [5.74, 6) is -1.63. The van der Waals surface area contributed by atoms with Gasteiger partial charge in [-0.1, -0.05) is 24.3 Å². The smallest absolute Gasteiger partial charge is 0.406 e. The van der Waals surface area contributed by atoms with Crippen LogP contribution < -0.4 is 15.4 Å². The number of nitrogens with two attached hydrogens (primary N) is 1. The monoisotopic (exact) mass is 460 g/mol. The van der Waals surface area contributed by atoms with Crippen LogP contribution in [0.1, 0.15) is 36.8 Å². The molecule has 0 bridgehead atoms. The third-order valence-electron chi connectivity index (χ3n) is 6.09. The lowest BCUT2D eigenvalue weighted by molar-refractivity contribution is -0.274. The number of guanidine groups is 1. The van der Waals surface area contributed by atoms with Gasteiger partial charge in [-0.15, -0.1) is 13.2 Å². The SMILES string of the molecule is CN1C(=O)[C@@H](c2ccc(N3CCCC3=O)cc2)[C@@](C)(c2cccc(OC(F)(F)F)c2)N=C1N. The molecule has 0 spiro atoms. The lowest BCUT2D eigenvalue weighted by Crippen LogP contribution is -2.52. The molecule has 10 heteroatoms. The number of likely N-dealkylation sites (N-methyl/N-ethyl adjacent to an activating group) is 1. The summed E-state index contributed by atoms with van der Waals surface area (Å²) in [6.07, 6.45) is -3.57. The van der Waals surface area contributed by atoms with Gasteiger partial charge in [0.05, 0.1) is 5.92 Å². The van der Waals surface area contributed by atoms with Gasteiger partial charge in [-0.05, 0) is 48.7 Å². The Morgan fingerprint density at radius 2 is 1.85 bits per heavy atom. The molecule has 4 rings (SSSR count). The van der Waals surface area contributed by atoms with Crippen LogP contribution in [0.4, 0.5) is 18.9 Å². The summed E-state index contributed by atoms with van der Waals surface area (Å²) in [5, 5.41) is 0. The third kappa shape index (κ3) is 4.24. The second-order valence-corrected chi connectivity index (χ2v) is 8.26. The van der Waals surface area contributed by atoms with Crippen LogP contribution >= 0.6 is 0 Å². The minimum Gasteiger partial charge on any atom is -0.406 e. The van der Waals surface area contributed by atoms with Gasteiger partial charge in [0, 0.05) is 25.7 Å². The van der Waals surface area contributed by atoms with Crippen molar-refractivity contribution in [1.29, 1.82) is 0 Å². The lowest BCUT2D eigenvalue weighted by Gasteiger charge is -2.41. The van der Waals surface area contributed by atoms with Gasteiger partial charge in [0.15, 0.2) is 5.96 Å². The van der Waals surface area contributed by atoms with Crippen LogP contribution in [0.5, 0.6) is 5.75 Å². The molecule has 0 unspecified atom stereocenters. The first-order valence-electron chi connectivity index (χ1n) is 10.4. The molecular formula is C23H23F3N4O3. The molecule has 2 aromatic carbocycles. The molecule has 2 atom stereocenters. The van der Waals surface area contributed by atoms with Crippen LogP contribution in [-0.2, 0) is 15.1 Å². The van der Waals surface area contributed by atoms with E-state index < -0.39 is 23.6 Å². The van der Waals surface area contributed by atoms with Crippen molar-refractivity contribution in [3.05, 3.63) is 59.7 Å². The normalized spacial score (nSPS) is 23.7. The van der Waals surface area contributed by atoms with Crippen molar-refractivity contribution in [2.45, 2.75) is 37.6 Å². The van der Waals surface area contributed by atoms with E-state index in [4.69, 9.17) is 5.73 Å². The summed E-state index contributed by atoms with van der Waals surface area (Å²) < 4.78 is 42.4. The van der Waals surface area contributed by atoms with Gasteiger partial charge in [0.25, 0.3) is 0 Å². The highest BCUT2D eigenvalue weighted by Gasteiger charge is 2.47. The number of amides is 2. The zero-order chi connectivity index (χ0) is 24.0. The molecular weight excluding hydrogens is 437 g/mol.